The van der Waals surface area contributed by atoms with Crippen molar-refractivity contribution >= 4 is 71.7 Å². The highest BCUT2D eigenvalue weighted by Gasteiger charge is 2.20. The van der Waals surface area contributed by atoms with Gasteiger partial charge in [0, 0.05) is 38.5 Å². The summed E-state index contributed by atoms with van der Waals surface area (Å²) >= 11 is 0. The van der Waals surface area contributed by atoms with Gasteiger partial charge in [-0.15, -0.1) is 0 Å². The average Bonchev–Trinajstić information content (AvgIpc) is 3.90. The van der Waals surface area contributed by atoms with E-state index in [1.165, 1.54) is 0 Å². The van der Waals surface area contributed by atoms with Crippen LogP contribution in [0.15, 0.2) is 160 Å². The first kappa shape index (κ1) is 9.89. The van der Waals surface area contributed by atoms with E-state index >= 15 is 0 Å². The van der Waals surface area contributed by atoms with Gasteiger partial charge in [-0.25, -0.2) is 0 Å². The molecule has 43 heavy (non-hydrogen) atoms. The summed E-state index contributed by atoms with van der Waals surface area (Å²) < 4.78 is 233. The van der Waals surface area contributed by atoms with Crippen molar-refractivity contribution < 1.29 is 43.1 Å². The lowest BCUT2D eigenvalue weighted by Crippen LogP contribution is -2.10. The maximum absolute atomic E-state index is 9.54. The van der Waals surface area contributed by atoms with Crippen LogP contribution in [0, 0.1) is 0 Å². The Balaban J connectivity index is 1.50. The molecule has 0 aliphatic heterocycles. The molecule has 2 aromatic heterocycles. The Morgan fingerprint density at radius 1 is 0.442 bits per heavy atom. The SMILES string of the molecule is [2H]c1c([2H])c([2H])c(N(c2c([2H])c([2H])c(-c3c([2H])c([2H])c([2H])c4c3oc3c([2H])c([2H])c([2H])c([2H])c34)c([2H])c2[2H])c2c([2H])c([2H])c([2H])c3oc4c5c([2H])c([2H])c([2H])c([2H])c5c([2H])c([2H])c4c23)c([2H])c1[2H]. The van der Waals surface area contributed by atoms with Gasteiger partial charge in [0.15, 0.2) is 0 Å². The molecule has 2 heterocycles. The van der Waals surface area contributed by atoms with Gasteiger partial charge in [-0.05, 0) is 59.3 Å². The minimum absolute atomic E-state index is 0.388. The molecule has 3 heteroatoms. The Hall–Kier alpha value is -5.80. The smallest absolute Gasteiger partial charge is 0.143 e. The van der Waals surface area contributed by atoms with E-state index in [1.54, 1.807) is 0 Å². The van der Waals surface area contributed by atoms with E-state index < -0.39 is 229 Å². The molecule has 0 radical (unpaired) electrons. The molecule has 0 aliphatic rings. The minimum atomic E-state index is -1.16. The van der Waals surface area contributed by atoms with Gasteiger partial charge in [0.25, 0.3) is 0 Å². The second kappa shape index (κ2) is 9.37. The Morgan fingerprint density at radius 2 is 1.12 bits per heavy atom. The van der Waals surface area contributed by atoms with Gasteiger partial charge >= 0.3 is 0 Å². The van der Waals surface area contributed by atoms with Crippen LogP contribution in [0.2, 0.25) is 0 Å². The molecule has 0 aliphatic carbocycles. The largest absolute Gasteiger partial charge is 0.455 e. The molecule has 7 aromatic carbocycles. The predicted octanol–water partition coefficient (Wildman–Crippen LogP) is 11.8. The lowest BCUT2D eigenvalue weighted by molar-refractivity contribution is 0.670. The van der Waals surface area contributed by atoms with E-state index in [9.17, 15) is 8.22 Å². The second-order valence-electron chi connectivity index (χ2n) is 9.03. The molecule has 0 saturated carbocycles. The first-order chi connectivity index (χ1) is 31.7. The summed E-state index contributed by atoms with van der Waals surface area (Å²) in [5.74, 6) is 0. The molecular formula is C40H25NO2. The summed E-state index contributed by atoms with van der Waals surface area (Å²) in [7, 11) is 0. The summed E-state index contributed by atoms with van der Waals surface area (Å²) in [6.45, 7) is 0. The molecule has 0 saturated heterocycles. The van der Waals surface area contributed by atoms with Gasteiger partial charge in [0.2, 0.25) is 0 Å². The topological polar surface area (TPSA) is 29.5 Å². The van der Waals surface area contributed by atoms with Crippen LogP contribution in [0.3, 0.4) is 0 Å². The van der Waals surface area contributed by atoms with Crippen LogP contribution in [0.4, 0.5) is 17.1 Å². The molecule has 0 spiro atoms. The van der Waals surface area contributed by atoms with Gasteiger partial charge in [0.1, 0.15) is 22.3 Å². The van der Waals surface area contributed by atoms with E-state index in [4.69, 9.17) is 34.9 Å². The Bertz CT molecular complexity index is 3820. The first-order valence-electron chi connectivity index (χ1n) is 25.0. The fourth-order valence-electron chi connectivity index (χ4n) is 4.86. The van der Waals surface area contributed by atoms with E-state index in [0.717, 1.165) is 0 Å². The second-order valence-corrected chi connectivity index (χ2v) is 9.03. The van der Waals surface area contributed by atoms with Gasteiger partial charge in [-0.1, -0.05) is 103 Å². The monoisotopic (exact) mass is 576 g/mol. The van der Waals surface area contributed by atoms with Crippen LogP contribution in [0.25, 0.3) is 65.8 Å². The zero-order valence-electron chi connectivity index (χ0n) is 46.3. The number of rotatable bonds is 4. The van der Waals surface area contributed by atoms with Crippen molar-refractivity contribution in [2.24, 2.45) is 0 Å². The van der Waals surface area contributed by atoms with Crippen molar-refractivity contribution in [2.45, 2.75) is 0 Å². The maximum atomic E-state index is 9.54. The Labute approximate surface area is 282 Å². The first-order valence-corrected chi connectivity index (χ1v) is 12.5. The zero-order valence-corrected chi connectivity index (χ0v) is 21.3. The summed E-state index contributed by atoms with van der Waals surface area (Å²) in [6, 6.07) is -22.7. The minimum Gasteiger partial charge on any atom is -0.455 e. The number of benzene rings is 7. The summed E-state index contributed by atoms with van der Waals surface area (Å²) in [4.78, 5) is 0.501. The standard InChI is InChI=1S/C40H25NO2/c1-2-11-28(12-3-1)41(35-17-9-19-37-38(35)34-25-22-26-10-4-5-13-30(26)40(34)43-37)29-23-20-27(21-24-29)31-15-8-16-33-32-14-6-7-18-36(32)42-39(31)33/h1-25H/i1D,2D,3D,4D,5D,6D,7D,8D,9D,10D,11D,12D,13D,14D,15D,16D,17D,18D,19D,20D,21D,22D,23D,24D,25D. The molecule has 9 aromatic rings. The van der Waals surface area contributed by atoms with Crippen molar-refractivity contribution in [3.63, 3.8) is 0 Å². The van der Waals surface area contributed by atoms with Gasteiger partial charge < -0.3 is 13.7 Å². The van der Waals surface area contributed by atoms with Gasteiger partial charge in [-0.3, -0.25) is 0 Å². The van der Waals surface area contributed by atoms with Crippen molar-refractivity contribution in [1.29, 1.82) is 0 Å². The third-order valence-corrected chi connectivity index (χ3v) is 6.68. The summed E-state index contributed by atoms with van der Waals surface area (Å²) in [6.07, 6.45) is 0. The molecular weight excluding hydrogens is 526 g/mol. The fraction of sp³-hybridized carbons (Fsp3) is 0. The van der Waals surface area contributed by atoms with Crippen molar-refractivity contribution in [1.82, 2.24) is 0 Å². The highest BCUT2D eigenvalue weighted by Crippen LogP contribution is 2.44. The summed E-state index contributed by atoms with van der Waals surface area (Å²) in [5.41, 5.74) is -6.73. The van der Waals surface area contributed by atoms with E-state index in [-0.39, 0.29) is 5.39 Å². The van der Waals surface area contributed by atoms with Gasteiger partial charge in [-0.2, -0.15) is 0 Å². The van der Waals surface area contributed by atoms with Crippen molar-refractivity contribution in [3.05, 3.63) is 151 Å². The van der Waals surface area contributed by atoms with Crippen LogP contribution in [0.1, 0.15) is 34.3 Å². The van der Waals surface area contributed by atoms with E-state index in [0.29, 0.717) is 4.90 Å². The number of hydrogen-bond acceptors (Lipinski definition) is 3. The van der Waals surface area contributed by atoms with Crippen LogP contribution in [0.5, 0.6) is 0 Å². The normalized spacial score (nSPS) is 19.9. The third-order valence-electron chi connectivity index (χ3n) is 6.68. The molecule has 0 bridgehead atoms. The molecule has 0 amide bonds. The predicted molar refractivity (Wildman–Crippen MR) is 179 cm³/mol. The fourth-order valence-corrected chi connectivity index (χ4v) is 4.86. The van der Waals surface area contributed by atoms with E-state index in [2.05, 4.69) is 0 Å². The number of fused-ring (bicyclic) bond motifs is 8. The van der Waals surface area contributed by atoms with Crippen LogP contribution >= 0.6 is 0 Å². The zero-order chi connectivity index (χ0) is 50.1. The lowest BCUT2D eigenvalue weighted by Gasteiger charge is -2.26. The Kier molecular flexibility index (Phi) is 2.15. The molecule has 3 nitrogen and oxygen atoms in total. The van der Waals surface area contributed by atoms with Crippen LogP contribution in [-0.2, 0) is 0 Å². The molecule has 0 fully saturated rings. The lowest BCUT2D eigenvalue weighted by atomic mass is 10.0. The molecule has 0 atom stereocenters. The van der Waals surface area contributed by atoms with E-state index in [1.807, 2.05) is 0 Å². The van der Waals surface area contributed by atoms with Crippen molar-refractivity contribution in [3.8, 4) is 11.1 Å². The summed E-state index contributed by atoms with van der Waals surface area (Å²) in [5, 5.41) is -2.96. The van der Waals surface area contributed by atoms with Crippen LogP contribution < -0.4 is 4.90 Å². The number of hydrogen-bond donors (Lipinski definition) is 0. The third kappa shape index (κ3) is 3.68. The molecule has 9 rings (SSSR count). The number of anilines is 3. The highest BCUT2D eigenvalue weighted by molar-refractivity contribution is 6.19. The Morgan fingerprint density at radius 3 is 2.00 bits per heavy atom. The number of furan rings is 2. The quantitative estimate of drug-likeness (QED) is 0.209. The van der Waals surface area contributed by atoms with Gasteiger partial charge in [0.05, 0.1) is 45.3 Å². The molecule has 202 valence electrons. The van der Waals surface area contributed by atoms with Crippen molar-refractivity contribution in [2.75, 3.05) is 4.90 Å². The highest BCUT2D eigenvalue weighted by atomic mass is 16.3. The number of para-hydroxylation sites is 3. The average molecular weight is 577 g/mol. The molecule has 0 N–H and O–H groups in total. The molecule has 0 unspecified atom stereocenters. The number of nitrogens with zero attached hydrogens (tertiary/aromatic N) is 1. The maximum Gasteiger partial charge on any atom is 0.143 e. The van der Waals surface area contributed by atoms with Crippen LogP contribution in [-0.4, -0.2) is 0 Å².